The van der Waals surface area contributed by atoms with E-state index in [1.165, 1.54) is 19.3 Å². The Morgan fingerprint density at radius 1 is 1.35 bits per heavy atom. The second-order valence-corrected chi connectivity index (χ2v) is 8.27. The molecule has 0 amide bonds. The monoisotopic (exact) mass is 259 g/mol. The van der Waals surface area contributed by atoms with Gasteiger partial charge in [-0.25, -0.2) is 8.42 Å². The summed E-state index contributed by atoms with van der Waals surface area (Å²) in [5.74, 6) is 1.86. The lowest BCUT2D eigenvalue weighted by atomic mass is 9.62. The van der Waals surface area contributed by atoms with Crippen LogP contribution in [0.25, 0.3) is 0 Å². The van der Waals surface area contributed by atoms with Gasteiger partial charge in [0.15, 0.2) is 9.84 Å². The molecule has 3 atom stereocenters. The first kappa shape index (κ1) is 13.3. The van der Waals surface area contributed by atoms with Crippen LogP contribution in [0.5, 0.6) is 0 Å². The predicted octanol–water partition coefficient (Wildman–Crippen LogP) is 1.97. The Bertz CT molecular complexity index is 366. The molecule has 1 aliphatic carbocycles. The smallest absolute Gasteiger partial charge is 0.150 e. The largest absolute Gasteiger partial charge is 0.330 e. The molecular formula is C13H25NO2S. The zero-order chi connectivity index (χ0) is 12.5. The molecule has 2 rings (SSSR count). The standard InChI is InChI=1S/C13H25NO2S/c1-2-11-4-3-6-13(8-11,10-14)12-5-7-17(15,16)9-12/h11-12H,2-10,14H2,1H3. The average molecular weight is 259 g/mol. The molecule has 2 fully saturated rings. The van der Waals surface area contributed by atoms with E-state index >= 15 is 0 Å². The molecule has 0 radical (unpaired) electrons. The van der Waals surface area contributed by atoms with Crippen molar-refractivity contribution in [3.05, 3.63) is 0 Å². The van der Waals surface area contributed by atoms with E-state index in [0.717, 1.165) is 25.2 Å². The third-order valence-electron chi connectivity index (χ3n) is 5.06. The van der Waals surface area contributed by atoms with Gasteiger partial charge in [0.2, 0.25) is 0 Å². The number of nitrogens with two attached hydrogens (primary N) is 1. The summed E-state index contributed by atoms with van der Waals surface area (Å²) in [5.41, 5.74) is 6.16. The number of rotatable bonds is 3. The van der Waals surface area contributed by atoms with Crippen molar-refractivity contribution in [3.63, 3.8) is 0 Å². The van der Waals surface area contributed by atoms with Crippen molar-refractivity contribution in [1.29, 1.82) is 0 Å². The van der Waals surface area contributed by atoms with E-state index < -0.39 is 9.84 Å². The van der Waals surface area contributed by atoms with Crippen LogP contribution in [0.15, 0.2) is 0 Å². The van der Waals surface area contributed by atoms with Gasteiger partial charge in [-0.15, -0.1) is 0 Å². The van der Waals surface area contributed by atoms with E-state index in [-0.39, 0.29) is 5.41 Å². The van der Waals surface area contributed by atoms with Gasteiger partial charge in [-0.2, -0.15) is 0 Å². The second-order valence-electron chi connectivity index (χ2n) is 6.04. The van der Waals surface area contributed by atoms with Crippen LogP contribution in [0.4, 0.5) is 0 Å². The van der Waals surface area contributed by atoms with Crippen LogP contribution in [0.1, 0.15) is 45.4 Å². The molecule has 0 aromatic rings. The minimum atomic E-state index is -2.77. The maximum atomic E-state index is 11.7. The summed E-state index contributed by atoms with van der Waals surface area (Å²) in [6, 6.07) is 0. The fraction of sp³-hybridized carbons (Fsp3) is 1.00. The first-order chi connectivity index (χ1) is 8.01. The summed E-state index contributed by atoms with van der Waals surface area (Å²) in [6.07, 6.45) is 6.88. The molecule has 17 heavy (non-hydrogen) atoms. The van der Waals surface area contributed by atoms with Crippen molar-refractivity contribution in [1.82, 2.24) is 0 Å². The molecule has 1 saturated carbocycles. The highest BCUT2D eigenvalue weighted by Crippen LogP contribution is 2.48. The van der Waals surface area contributed by atoms with E-state index in [0.29, 0.717) is 24.0 Å². The first-order valence-corrected chi connectivity index (χ1v) is 8.74. The average Bonchev–Trinajstić information content (AvgIpc) is 2.70. The Labute approximate surface area is 105 Å². The van der Waals surface area contributed by atoms with E-state index in [4.69, 9.17) is 5.73 Å². The summed E-state index contributed by atoms with van der Waals surface area (Å²) in [4.78, 5) is 0. The van der Waals surface area contributed by atoms with Crippen molar-refractivity contribution < 1.29 is 8.42 Å². The molecule has 0 spiro atoms. The molecule has 2 N–H and O–H groups in total. The molecule has 100 valence electrons. The van der Waals surface area contributed by atoms with Gasteiger partial charge in [-0.1, -0.05) is 26.2 Å². The quantitative estimate of drug-likeness (QED) is 0.843. The second kappa shape index (κ2) is 4.88. The van der Waals surface area contributed by atoms with Gasteiger partial charge in [-0.3, -0.25) is 0 Å². The maximum Gasteiger partial charge on any atom is 0.150 e. The van der Waals surface area contributed by atoms with Crippen LogP contribution in [0.2, 0.25) is 0 Å². The predicted molar refractivity (Wildman–Crippen MR) is 70.5 cm³/mol. The Morgan fingerprint density at radius 2 is 2.12 bits per heavy atom. The molecule has 1 heterocycles. The Morgan fingerprint density at radius 3 is 2.65 bits per heavy atom. The zero-order valence-corrected chi connectivity index (χ0v) is 11.6. The number of hydrogen-bond acceptors (Lipinski definition) is 3. The highest BCUT2D eigenvalue weighted by Gasteiger charge is 2.45. The third kappa shape index (κ3) is 2.68. The lowest BCUT2D eigenvalue weighted by molar-refractivity contribution is 0.0824. The minimum Gasteiger partial charge on any atom is -0.330 e. The van der Waals surface area contributed by atoms with Crippen LogP contribution in [0, 0.1) is 17.3 Å². The van der Waals surface area contributed by atoms with Crippen molar-refractivity contribution in [3.8, 4) is 0 Å². The molecule has 1 aliphatic heterocycles. The minimum absolute atomic E-state index is 0.127. The molecule has 2 aliphatic rings. The van der Waals surface area contributed by atoms with Crippen LogP contribution < -0.4 is 5.73 Å². The van der Waals surface area contributed by atoms with Crippen LogP contribution in [-0.4, -0.2) is 26.5 Å². The fourth-order valence-electron chi connectivity index (χ4n) is 3.87. The van der Waals surface area contributed by atoms with Gasteiger partial charge in [-0.05, 0) is 43.1 Å². The summed E-state index contributed by atoms with van der Waals surface area (Å²) in [7, 11) is -2.77. The Kier molecular flexibility index (Phi) is 3.83. The van der Waals surface area contributed by atoms with Crippen LogP contribution in [-0.2, 0) is 9.84 Å². The van der Waals surface area contributed by atoms with Crippen molar-refractivity contribution in [2.75, 3.05) is 18.1 Å². The topological polar surface area (TPSA) is 60.2 Å². The Balaban J connectivity index is 2.14. The van der Waals surface area contributed by atoms with Gasteiger partial charge in [0.1, 0.15) is 0 Å². The molecule has 4 heteroatoms. The van der Waals surface area contributed by atoms with Crippen LogP contribution >= 0.6 is 0 Å². The highest BCUT2D eigenvalue weighted by molar-refractivity contribution is 7.91. The fourth-order valence-corrected chi connectivity index (χ4v) is 5.81. The van der Waals surface area contributed by atoms with Crippen molar-refractivity contribution in [2.24, 2.45) is 23.0 Å². The van der Waals surface area contributed by atoms with Gasteiger partial charge in [0.25, 0.3) is 0 Å². The third-order valence-corrected chi connectivity index (χ3v) is 6.83. The van der Waals surface area contributed by atoms with Crippen LogP contribution in [0.3, 0.4) is 0 Å². The van der Waals surface area contributed by atoms with E-state index in [9.17, 15) is 8.42 Å². The number of hydrogen-bond donors (Lipinski definition) is 1. The van der Waals surface area contributed by atoms with E-state index in [1.54, 1.807) is 0 Å². The molecule has 3 unspecified atom stereocenters. The normalized spacial score (nSPS) is 41.5. The van der Waals surface area contributed by atoms with Crippen molar-refractivity contribution in [2.45, 2.75) is 45.4 Å². The SMILES string of the molecule is CCC1CCCC(CN)(C2CCS(=O)(=O)C2)C1. The molecule has 0 aromatic carbocycles. The van der Waals surface area contributed by atoms with Gasteiger partial charge < -0.3 is 5.73 Å². The summed E-state index contributed by atoms with van der Waals surface area (Å²) >= 11 is 0. The number of sulfone groups is 1. The molecule has 3 nitrogen and oxygen atoms in total. The maximum absolute atomic E-state index is 11.7. The lowest BCUT2D eigenvalue weighted by Crippen LogP contribution is -2.42. The van der Waals surface area contributed by atoms with Crippen molar-refractivity contribution >= 4 is 9.84 Å². The lowest BCUT2D eigenvalue weighted by Gasteiger charge is -2.44. The molecule has 0 aromatic heterocycles. The van der Waals surface area contributed by atoms with E-state index in [1.807, 2.05) is 0 Å². The first-order valence-electron chi connectivity index (χ1n) is 6.92. The summed E-state index contributed by atoms with van der Waals surface area (Å²) < 4.78 is 23.3. The summed E-state index contributed by atoms with van der Waals surface area (Å²) in [5, 5.41) is 0. The van der Waals surface area contributed by atoms with Gasteiger partial charge in [0, 0.05) is 0 Å². The molecule has 0 bridgehead atoms. The molecule has 1 saturated heterocycles. The van der Waals surface area contributed by atoms with E-state index in [2.05, 4.69) is 6.92 Å². The van der Waals surface area contributed by atoms with Gasteiger partial charge in [0.05, 0.1) is 11.5 Å². The zero-order valence-electron chi connectivity index (χ0n) is 10.8. The molecular weight excluding hydrogens is 234 g/mol. The Hall–Kier alpha value is -0.0900. The highest BCUT2D eigenvalue weighted by atomic mass is 32.2. The van der Waals surface area contributed by atoms with Gasteiger partial charge >= 0.3 is 0 Å². The summed E-state index contributed by atoms with van der Waals surface area (Å²) in [6.45, 7) is 2.91.